The number of benzene rings is 1. The summed E-state index contributed by atoms with van der Waals surface area (Å²) in [6, 6.07) is 5.11. The maximum Gasteiger partial charge on any atom is 0.405 e. The Hall–Kier alpha value is -2.49. The fourth-order valence-corrected chi connectivity index (χ4v) is 5.39. The molecule has 3 fully saturated rings. The first-order valence-electron chi connectivity index (χ1n) is 10.5. The maximum absolute atomic E-state index is 14.3. The molecular weight excluding hydrogens is 416 g/mol. The largest absolute Gasteiger partial charge is 0.405 e. The number of hydrogen-bond donors (Lipinski definition) is 0. The van der Waals surface area contributed by atoms with Crippen molar-refractivity contribution in [3.05, 3.63) is 36.0 Å². The van der Waals surface area contributed by atoms with Gasteiger partial charge in [0.2, 0.25) is 17.6 Å². The van der Waals surface area contributed by atoms with Crippen LogP contribution in [0.4, 0.5) is 17.6 Å². The lowest BCUT2D eigenvalue weighted by Crippen LogP contribution is -2.54. The van der Waals surface area contributed by atoms with Crippen molar-refractivity contribution >= 4 is 5.91 Å². The number of aromatic nitrogens is 2. The van der Waals surface area contributed by atoms with Gasteiger partial charge in [-0.05, 0) is 69.5 Å². The van der Waals surface area contributed by atoms with Crippen molar-refractivity contribution in [2.75, 3.05) is 26.2 Å². The van der Waals surface area contributed by atoms with Crippen molar-refractivity contribution in [3.8, 4) is 11.4 Å². The average molecular weight is 438 g/mol. The van der Waals surface area contributed by atoms with Crippen LogP contribution in [-0.2, 0) is 10.2 Å². The van der Waals surface area contributed by atoms with Gasteiger partial charge in [-0.2, -0.15) is 18.2 Å². The number of amides is 1. The van der Waals surface area contributed by atoms with Gasteiger partial charge in [0.25, 0.3) is 0 Å². The van der Waals surface area contributed by atoms with E-state index in [0.717, 1.165) is 25.9 Å². The summed E-state index contributed by atoms with van der Waals surface area (Å²) in [4.78, 5) is 20.8. The molecule has 1 amide bonds. The Morgan fingerprint density at radius 3 is 2.35 bits per heavy atom. The van der Waals surface area contributed by atoms with E-state index in [1.54, 1.807) is 0 Å². The molecule has 6 nitrogen and oxygen atoms in total. The minimum atomic E-state index is -4.67. The molecule has 10 heteroatoms. The molecule has 0 spiro atoms. The van der Waals surface area contributed by atoms with Crippen LogP contribution in [0.5, 0.6) is 0 Å². The summed E-state index contributed by atoms with van der Waals surface area (Å²) in [5, 5.41) is 3.70. The average Bonchev–Trinajstić information content (AvgIpc) is 3.49. The van der Waals surface area contributed by atoms with E-state index in [1.165, 1.54) is 29.2 Å². The molecule has 166 valence electrons. The van der Waals surface area contributed by atoms with Gasteiger partial charge < -0.3 is 9.42 Å². The van der Waals surface area contributed by atoms with Crippen LogP contribution >= 0.6 is 0 Å². The number of fused-ring (bicyclic) bond motifs is 1. The van der Waals surface area contributed by atoms with Crippen molar-refractivity contribution in [3.63, 3.8) is 0 Å². The van der Waals surface area contributed by atoms with Crippen LogP contribution in [0.25, 0.3) is 11.4 Å². The Morgan fingerprint density at radius 2 is 1.71 bits per heavy atom. The third-order valence-corrected chi connectivity index (χ3v) is 7.08. The molecule has 1 atom stereocenters. The molecule has 0 saturated carbocycles. The van der Waals surface area contributed by atoms with Crippen molar-refractivity contribution < 1.29 is 26.9 Å². The lowest BCUT2D eigenvalue weighted by atomic mass is 9.86. The number of carbonyl (C=O) groups excluding carboxylic acids is 1. The van der Waals surface area contributed by atoms with Gasteiger partial charge in [-0.3, -0.25) is 9.69 Å². The number of likely N-dealkylation sites (tertiary alicyclic amines) is 1. The van der Waals surface area contributed by atoms with E-state index in [0.29, 0.717) is 18.4 Å². The topological polar surface area (TPSA) is 62.5 Å². The van der Waals surface area contributed by atoms with Crippen molar-refractivity contribution in [2.45, 2.75) is 49.2 Å². The Labute approximate surface area is 176 Å². The third-order valence-electron chi connectivity index (χ3n) is 7.08. The molecule has 3 aliphatic heterocycles. The number of carbonyl (C=O) groups is 1. The van der Waals surface area contributed by atoms with Crippen LogP contribution in [0.15, 0.2) is 28.8 Å². The van der Waals surface area contributed by atoms with E-state index in [9.17, 15) is 22.4 Å². The first kappa shape index (κ1) is 20.4. The second-order valence-corrected chi connectivity index (χ2v) is 8.71. The smallest absolute Gasteiger partial charge is 0.340 e. The minimum Gasteiger partial charge on any atom is -0.340 e. The lowest BCUT2D eigenvalue weighted by Gasteiger charge is -2.35. The number of rotatable bonds is 3. The number of alkyl halides is 3. The van der Waals surface area contributed by atoms with Crippen molar-refractivity contribution in [2.24, 2.45) is 0 Å². The summed E-state index contributed by atoms with van der Waals surface area (Å²) in [5.41, 5.74) is -2.71. The van der Waals surface area contributed by atoms with Crippen LogP contribution in [0.3, 0.4) is 0 Å². The Bertz CT molecular complexity index is 980. The van der Waals surface area contributed by atoms with Gasteiger partial charge in [0, 0.05) is 18.7 Å². The third kappa shape index (κ3) is 3.06. The van der Waals surface area contributed by atoms with Crippen LogP contribution in [0.1, 0.15) is 38.0 Å². The highest BCUT2D eigenvalue weighted by atomic mass is 19.4. The molecular formula is C21H22F4N4O2. The summed E-state index contributed by atoms with van der Waals surface area (Å²) in [6.45, 7) is 1.08. The van der Waals surface area contributed by atoms with E-state index in [1.807, 2.05) is 0 Å². The van der Waals surface area contributed by atoms with Crippen molar-refractivity contribution in [1.29, 1.82) is 0 Å². The number of halogens is 4. The van der Waals surface area contributed by atoms with Gasteiger partial charge in [-0.1, -0.05) is 5.16 Å². The van der Waals surface area contributed by atoms with Gasteiger partial charge in [-0.15, -0.1) is 0 Å². The van der Waals surface area contributed by atoms with Gasteiger partial charge in [0.05, 0.1) is 0 Å². The molecule has 0 aliphatic carbocycles. The molecule has 0 bridgehead atoms. The Balaban J connectivity index is 1.45. The molecule has 5 rings (SSSR count). The van der Waals surface area contributed by atoms with Gasteiger partial charge >= 0.3 is 6.18 Å². The highest BCUT2D eigenvalue weighted by Gasteiger charge is 2.65. The summed E-state index contributed by atoms with van der Waals surface area (Å²) in [5.74, 6) is -1.29. The van der Waals surface area contributed by atoms with E-state index in [2.05, 4.69) is 15.0 Å². The molecule has 3 aliphatic rings. The second kappa shape index (κ2) is 7.01. The molecule has 0 N–H and O–H groups in total. The van der Waals surface area contributed by atoms with Crippen LogP contribution in [-0.4, -0.2) is 63.7 Å². The fraction of sp³-hybridized carbons (Fsp3) is 0.571. The summed E-state index contributed by atoms with van der Waals surface area (Å²) < 4.78 is 61.2. The van der Waals surface area contributed by atoms with E-state index in [-0.39, 0.29) is 24.7 Å². The zero-order chi connectivity index (χ0) is 21.9. The molecule has 31 heavy (non-hydrogen) atoms. The molecule has 4 heterocycles. The molecule has 2 aromatic rings. The van der Waals surface area contributed by atoms with Gasteiger partial charge in [0.15, 0.2) is 5.41 Å². The monoisotopic (exact) mass is 438 g/mol. The maximum atomic E-state index is 14.3. The quantitative estimate of drug-likeness (QED) is 0.686. The number of nitrogens with zero attached hydrogens (tertiary/aromatic N) is 4. The van der Waals surface area contributed by atoms with Crippen molar-refractivity contribution in [1.82, 2.24) is 19.9 Å². The second-order valence-electron chi connectivity index (χ2n) is 8.71. The summed E-state index contributed by atoms with van der Waals surface area (Å²) >= 11 is 0. The predicted molar refractivity (Wildman–Crippen MR) is 101 cm³/mol. The van der Waals surface area contributed by atoms with Crippen LogP contribution in [0.2, 0.25) is 0 Å². The zero-order valence-electron chi connectivity index (χ0n) is 16.8. The summed E-state index contributed by atoms with van der Waals surface area (Å²) in [6.07, 6.45) is -1.85. The normalized spacial score (nSPS) is 25.9. The SMILES string of the molecule is O=C(N1CCC(c2nc(-c3ccc(F)cc3)no2)(C(F)(F)F)C1)C12CCCN1CCC2. The Morgan fingerprint density at radius 1 is 1.03 bits per heavy atom. The van der Waals surface area contributed by atoms with E-state index in [4.69, 9.17) is 4.52 Å². The van der Waals surface area contributed by atoms with E-state index >= 15 is 0 Å². The predicted octanol–water partition coefficient (Wildman–Crippen LogP) is 3.54. The highest BCUT2D eigenvalue weighted by molar-refractivity contribution is 5.87. The molecule has 0 radical (unpaired) electrons. The first-order valence-corrected chi connectivity index (χ1v) is 10.5. The minimum absolute atomic E-state index is 0.0117. The van der Waals surface area contributed by atoms with Crippen LogP contribution in [0, 0.1) is 5.82 Å². The number of hydrogen-bond acceptors (Lipinski definition) is 5. The fourth-order valence-electron chi connectivity index (χ4n) is 5.39. The van der Waals surface area contributed by atoms with Gasteiger partial charge in [-0.25, -0.2) is 4.39 Å². The molecule has 1 aromatic carbocycles. The molecule has 1 aromatic heterocycles. The summed E-state index contributed by atoms with van der Waals surface area (Å²) in [7, 11) is 0. The van der Waals surface area contributed by atoms with Gasteiger partial charge in [0.1, 0.15) is 11.4 Å². The van der Waals surface area contributed by atoms with Crippen LogP contribution < -0.4 is 0 Å². The first-order chi connectivity index (χ1) is 14.8. The Kier molecular flexibility index (Phi) is 4.62. The molecule has 1 unspecified atom stereocenters. The standard InChI is InChI=1S/C21H22F4N4O2/c22-15-5-3-14(4-6-15)16-26-17(31-27-16)19(21(23,24)25)9-12-28(13-19)18(30)20-7-1-10-29(20)11-2-8-20/h3-6H,1-2,7-13H2. The zero-order valence-corrected chi connectivity index (χ0v) is 16.8. The van der Waals surface area contributed by atoms with E-state index < -0.39 is 35.4 Å². The lowest BCUT2D eigenvalue weighted by molar-refractivity contribution is -0.194. The highest BCUT2D eigenvalue weighted by Crippen LogP contribution is 2.49. The molecule has 3 saturated heterocycles.